The fraction of sp³-hybridized carbons (Fsp3) is 1.00. The first kappa shape index (κ1) is 12.4. The Kier molecular flexibility index (Phi) is 3.33. The van der Waals surface area contributed by atoms with Crippen molar-refractivity contribution in [3.05, 3.63) is 0 Å². The van der Waals surface area contributed by atoms with Gasteiger partial charge in [-0.15, -0.1) is 0 Å². The van der Waals surface area contributed by atoms with Crippen molar-refractivity contribution in [2.45, 2.75) is 59.1 Å². The summed E-state index contributed by atoms with van der Waals surface area (Å²) in [4.78, 5) is 2.54. The van der Waals surface area contributed by atoms with Gasteiger partial charge in [0.25, 0.3) is 0 Å². The molecular weight excluding hydrogens is 198 g/mol. The molecule has 1 N–H and O–H groups in total. The van der Waals surface area contributed by atoms with E-state index in [1.54, 1.807) is 0 Å². The van der Waals surface area contributed by atoms with Gasteiger partial charge in [0.05, 0.1) is 6.10 Å². The second-order valence-electron chi connectivity index (χ2n) is 7.00. The summed E-state index contributed by atoms with van der Waals surface area (Å²) in [6.07, 6.45) is 3.44. The molecule has 0 bridgehead atoms. The van der Waals surface area contributed by atoms with E-state index in [1.165, 1.54) is 19.4 Å². The van der Waals surface area contributed by atoms with E-state index in [9.17, 15) is 5.11 Å². The Hall–Kier alpha value is -0.0800. The van der Waals surface area contributed by atoms with E-state index in [1.807, 2.05) is 0 Å². The predicted octanol–water partition coefficient (Wildman–Crippen LogP) is 2.51. The van der Waals surface area contributed by atoms with E-state index < -0.39 is 0 Å². The highest BCUT2D eigenvalue weighted by Gasteiger charge is 2.41. The molecule has 4 unspecified atom stereocenters. The van der Waals surface area contributed by atoms with Crippen molar-refractivity contribution < 1.29 is 5.11 Å². The summed E-state index contributed by atoms with van der Waals surface area (Å²) in [5, 5.41) is 10.3. The van der Waals surface area contributed by atoms with Crippen LogP contribution in [0.4, 0.5) is 0 Å². The molecule has 2 nitrogen and oxygen atoms in total. The van der Waals surface area contributed by atoms with Gasteiger partial charge in [0.1, 0.15) is 0 Å². The van der Waals surface area contributed by atoms with E-state index in [0.29, 0.717) is 23.3 Å². The molecule has 4 atom stereocenters. The third-order valence-corrected chi connectivity index (χ3v) is 4.52. The number of rotatable bonds is 1. The molecule has 2 fully saturated rings. The summed E-state index contributed by atoms with van der Waals surface area (Å²) >= 11 is 0. The van der Waals surface area contributed by atoms with Gasteiger partial charge < -0.3 is 5.11 Å². The smallest absolute Gasteiger partial charge is 0.0700 e. The predicted molar refractivity (Wildman–Crippen MR) is 67.3 cm³/mol. The van der Waals surface area contributed by atoms with Gasteiger partial charge in [0.2, 0.25) is 0 Å². The maximum atomic E-state index is 10.3. The lowest BCUT2D eigenvalue weighted by Gasteiger charge is -2.42. The summed E-state index contributed by atoms with van der Waals surface area (Å²) in [6.45, 7) is 11.6. The summed E-state index contributed by atoms with van der Waals surface area (Å²) in [5.41, 5.74) is 0.447. The molecule has 2 rings (SSSR count). The molecule has 0 aromatic rings. The molecule has 1 aliphatic carbocycles. The monoisotopic (exact) mass is 225 g/mol. The molecule has 1 heterocycles. The van der Waals surface area contributed by atoms with Crippen LogP contribution in [0.25, 0.3) is 0 Å². The molecule has 1 saturated heterocycles. The second-order valence-corrected chi connectivity index (χ2v) is 7.00. The van der Waals surface area contributed by atoms with Crippen LogP contribution in [0.1, 0.15) is 47.0 Å². The van der Waals surface area contributed by atoms with Crippen LogP contribution >= 0.6 is 0 Å². The first-order chi connectivity index (χ1) is 7.39. The van der Waals surface area contributed by atoms with Crippen LogP contribution in [-0.4, -0.2) is 35.2 Å². The van der Waals surface area contributed by atoms with E-state index in [2.05, 4.69) is 32.6 Å². The van der Waals surface area contributed by atoms with Crippen LogP contribution in [-0.2, 0) is 0 Å². The minimum atomic E-state index is -0.104. The van der Waals surface area contributed by atoms with Crippen LogP contribution in [0.2, 0.25) is 0 Å². The van der Waals surface area contributed by atoms with Crippen LogP contribution in [0.5, 0.6) is 0 Å². The van der Waals surface area contributed by atoms with Crippen molar-refractivity contribution >= 4 is 0 Å². The molecule has 2 aliphatic rings. The van der Waals surface area contributed by atoms with Crippen LogP contribution in [0.15, 0.2) is 0 Å². The van der Waals surface area contributed by atoms with Gasteiger partial charge >= 0.3 is 0 Å². The summed E-state index contributed by atoms with van der Waals surface area (Å²) in [6, 6.07) is 0.415. The quantitative estimate of drug-likeness (QED) is 0.741. The molecule has 16 heavy (non-hydrogen) atoms. The Morgan fingerprint density at radius 3 is 2.38 bits per heavy atom. The van der Waals surface area contributed by atoms with Gasteiger partial charge in [0.15, 0.2) is 0 Å². The zero-order valence-electron chi connectivity index (χ0n) is 11.2. The highest BCUT2D eigenvalue weighted by molar-refractivity contribution is 4.94. The lowest BCUT2D eigenvalue weighted by Crippen LogP contribution is -2.50. The zero-order chi connectivity index (χ0) is 11.9. The molecular formula is C14H27NO. The van der Waals surface area contributed by atoms with Crippen molar-refractivity contribution in [2.75, 3.05) is 13.1 Å². The van der Waals surface area contributed by atoms with Crippen molar-refractivity contribution in [1.29, 1.82) is 0 Å². The van der Waals surface area contributed by atoms with Gasteiger partial charge in [-0.3, -0.25) is 4.90 Å². The molecule has 0 spiro atoms. The topological polar surface area (TPSA) is 23.5 Å². The lowest BCUT2D eigenvalue weighted by molar-refractivity contribution is -0.0182. The fourth-order valence-corrected chi connectivity index (χ4v) is 3.81. The maximum Gasteiger partial charge on any atom is 0.0700 e. The Morgan fingerprint density at radius 1 is 1.19 bits per heavy atom. The third-order valence-electron chi connectivity index (χ3n) is 4.52. The van der Waals surface area contributed by atoms with E-state index in [-0.39, 0.29) is 6.10 Å². The number of hydrogen-bond donors (Lipinski definition) is 1. The van der Waals surface area contributed by atoms with Gasteiger partial charge in [0, 0.05) is 12.6 Å². The van der Waals surface area contributed by atoms with Gasteiger partial charge in [-0.25, -0.2) is 0 Å². The van der Waals surface area contributed by atoms with Crippen molar-refractivity contribution in [3.8, 4) is 0 Å². The second kappa shape index (κ2) is 4.30. The van der Waals surface area contributed by atoms with Crippen molar-refractivity contribution in [3.63, 3.8) is 0 Å². The third kappa shape index (κ3) is 2.43. The highest BCUT2D eigenvalue weighted by Crippen LogP contribution is 2.37. The van der Waals surface area contributed by atoms with Crippen LogP contribution in [0.3, 0.4) is 0 Å². The Labute approximate surface area is 100 Å². The normalized spacial score (nSPS) is 44.8. The molecule has 0 aromatic heterocycles. The minimum Gasteiger partial charge on any atom is -0.391 e. The molecule has 1 saturated carbocycles. The van der Waals surface area contributed by atoms with Crippen molar-refractivity contribution in [1.82, 2.24) is 4.90 Å². The molecule has 1 aliphatic heterocycles. The number of aliphatic hydroxyl groups is 1. The Bertz CT molecular complexity index is 239. The first-order valence-electron chi connectivity index (χ1n) is 6.81. The molecule has 94 valence electrons. The van der Waals surface area contributed by atoms with Crippen LogP contribution < -0.4 is 0 Å². The number of aliphatic hydroxyl groups excluding tert-OH is 1. The van der Waals surface area contributed by atoms with E-state index in [0.717, 1.165) is 13.0 Å². The largest absolute Gasteiger partial charge is 0.391 e. The fourth-order valence-electron chi connectivity index (χ4n) is 3.81. The molecule has 0 aromatic carbocycles. The summed E-state index contributed by atoms with van der Waals surface area (Å²) in [7, 11) is 0. The van der Waals surface area contributed by atoms with Crippen molar-refractivity contribution in [2.24, 2.45) is 17.3 Å². The zero-order valence-corrected chi connectivity index (χ0v) is 11.2. The Balaban J connectivity index is 2.03. The maximum absolute atomic E-state index is 10.3. The SMILES string of the molecule is CC1CC(C)C(N2CCC(C)(C)C2)C(O)C1. The molecule has 0 amide bonds. The average Bonchev–Trinajstić information content (AvgIpc) is 2.44. The van der Waals surface area contributed by atoms with Crippen LogP contribution in [0, 0.1) is 17.3 Å². The highest BCUT2D eigenvalue weighted by atomic mass is 16.3. The lowest BCUT2D eigenvalue weighted by atomic mass is 9.77. The standard InChI is InChI=1S/C14H27NO/c1-10-7-11(2)13(12(16)8-10)15-6-5-14(3,4)9-15/h10-13,16H,5-9H2,1-4H3. The van der Waals surface area contributed by atoms with E-state index in [4.69, 9.17) is 0 Å². The number of likely N-dealkylation sites (tertiary alicyclic amines) is 1. The molecule has 2 heteroatoms. The number of nitrogens with zero attached hydrogens (tertiary/aromatic N) is 1. The van der Waals surface area contributed by atoms with Gasteiger partial charge in [-0.1, -0.05) is 27.7 Å². The van der Waals surface area contributed by atoms with E-state index >= 15 is 0 Å². The van der Waals surface area contributed by atoms with Gasteiger partial charge in [-0.05, 0) is 43.1 Å². The Morgan fingerprint density at radius 2 is 1.88 bits per heavy atom. The molecule has 0 radical (unpaired) electrons. The summed E-state index contributed by atoms with van der Waals surface area (Å²) < 4.78 is 0. The number of hydrogen-bond acceptors (Lipinski definition) is 2. The average molecular weight is 225 g/mol. The summed E-state index contributed by atoms with van der Waals surface area (Å²) in [5.74, 6) is 1.34. The first-order valence-corrected chi connectivity index (χ1v) is 6.81. The van der Waals surface area contributed by atoms with Gasteiger partial charge in [-0.2, -0.15) is 0 Å². The minimum absolute atomic E-state index is 0.104.